The minimum Gasteiger partial charge on any atom is -0.324 e. The summed E-state index contributed by atoms with van der Waals surface area (Å²) in [6.07, 6.45) is 0.578. The number of rotatable bonds is 7. The molecule has 0 saturated carbocycles. The van der Waals surface area contributed by atoms with Crippen molar-refractivity contribution in [2.75, 3.05) is 11.1 Å². The van der Waals surface area contributed by atoms with Crippen LogP contribution in [0.5, 0.6) is 0 Å². The molecule has 9 heteroatoms. The van der Waals surface area contributed by atoms with Crippen molar-refractivity contribution in [3.8, 4) is 5.69 Å². The Bertz CT molecular complexity index is 1230. The summed E-state index contributed by atoms with van der Waals surface area (Å²) < 4.78 is 15.1. The maximum Gasteiger partial charge on any atom is 0.234 e. The number of carbonyl (C=O) groups is 1. The van der Waals surface area contributed by atoms with Crippen molar-refractivity contribution in [1.29, 1.82) is 0 Å². The van der Waals surface area contributed by atoms with E-state index >= 15 is 0 Å². The molecule has 5 nitrogen and oxygen atoms in total. The maximum absolute atomic E-state index is 13.2. The molecule has 0 spiro atoms. The third-order valence-electron chi connectivity index (χ3n) is 4.53. The highest BCUT2D eigenvalue weighted by Gasteiger charge is 2.17. The molecule has 0 fully saturated rings. The number of hydrogen-bond acceptors (Lipinski definition) is 4. The van der Waals surface area contributed by atoms with Gasteiger partial charge >= 0.3 is 0 Å². The zero-order valence-corrected chi connectivity index (χ0v) is 19.0. The van der Waals surface area contributed by atoms with E-state index in [1.54, 1.807) is 12.1 Å². The summed E-state index contributed by atoms with van der Waals surface area (Å²) >= 11 is 13.3. The van der Waals surface area contributed by atoms with Crippen LogP contribution in [-0.4, -0.2) is 26.4 Å². The number of halogens is 3. The standard InChI is InChI=1S/C23H17Cl2FN4OS/c24-16-6-9-18(10-7-16)30-21(12-15-4-2-1-3-5-15)28-29-23(30)32-14-22(31)27-20-11-8-17(26)13-19(20)25/h1-11,13H,12,14H2,(H,27,31). The molecule has 0 bridgehead atoms. The van der Waals surface area contributed by atoms with E-state index in [0.717, 1.165) is 23.1 Å². The Kier molecular flexibility index (Phi) is 7.09. The summed E-state index contributed by atoms with van der Waals surface area (Å²) in [7, 11) is 0. The van der Waals surface area contributed by atoms with E-state index in [0.29, 0.717) is 22.3 Å². The molecule has 0 unspecified atom stereocenters. The summed E-state index contributed by atoms with van der Waals surface area (Å²) in [6.45, 7) is 0. The Morgan fingerprint density at radius 1 is 1.00 bits per heavy atom. The Hall–Kier alpha value is -2.87. The molecule has 1 N–H and O–H groups in total. The third-order valence-corrected chi connectivity index (χ3v) is 6.02. The van der Waals surface area contributed by atoms with Crippen LogP contribution in [0.15, 0.2) is 78.0 Å². The molecular formula is C23H17Cl2FN4OS. The zero-order valence-electron chi connectivity index (χ0n) is 16.6. The molecular weight excluding hydrogens is 470 g/mol. The van der Waals surface area contributed by atoms with E-state index in [-0.39, 0.29) is 16.7 Å². The molecule has 0 aliphatic heterocycles. The fourth-order valence-corrected chi connectivity index (χ4v) is 4.15. The van der Waals surface area contributed by atoms with Crippen LogP contribution >= 0.6 is 35.0 Å². The van der Waals surface area contributed by atoms with Crippen molar-refractivity contribution in [3.05, 3.63) is 100 Å². The molecule has 0 atom stereocenters. The van der Waals surface area contributed by atoms with Crippen LogP contribution < -0.4 is 5.32 Å². The average molecular weight is 487 g/mol. The van der Waals surface area contributed by atoms with Crippen LogP contribution in [0.3, 0.4) is 0 Å². The second kappa shape index (κ2) is 10.2. The monoisotopic (exact) mass is 486 g/mol. The first-order valence-electron chi connectivity index (χ1n) is 9.61. The van der Waals surface area contributed by atoms with Crippen molar-refractivity contribution in [2.45, 2.75) is 11.6 Å². The van der Waals surface area contributed by atoms with Crippen molar-refractivity contribution >= 4 is 46.6 Å². The number of amides is 1. The molecule has 32 heavy (non-hydrogen) atoms. The lowest BCUT2D eigenvalue weighted by atomic mass is 10.1. The molecule has 3 aromatic carbocycles. The largest absolute Gasteiger partial charge is 0.324 e. The van der Waals surface area contributed by atoms with Crippen molar-refractivity contribution in [3.63, 3.8) is 0 Å². The molecule has 0 aliphatic rings. The van der Waals surface area contributed by atoms with Crippen LogP contribution in [0, 0.1) is 5.82 Å². The van der Waals surface area contributed by atoms with E-state index in [1.807, 2.05) is 47.0 Å². The lowest BCUT2D eigenvalue weighted by Crippen LogP contribution is -2.15. The van der Waals surface area contributed by atoms with E-state index < -0.39 is 5.82 Å². The van der Waals surface area contributed by atoms with Gasteiger partial charge in [0.25, 0.3) is 0 Å². The zero-order chi connectivity index (χ0) is 22.5. The molecule has 1 heterocycles. The number of hydrogen-bond donors (Lipinski definition) is 1. The lowest BCUT2D eigenvalue weighted by Gasteiger charge is -2.11. The SMILES string of the molecule is O=C(CSc1nnc(Cc2ccccc2)n1-c1ccc(Cl)cc1)Nc1ccc(F)cc1Cl. The first kappa shape index (κ1) is 22.3. The van der Waals surface area contributed by atoms with Gasteiger partial charge in [0.15, 0.2) is 5.16 Å². The number of nitrogens with one attached hydrogen (secondary N) is 1. The summed E-state index contributed by atoms with van der Waals surface area (Å²) in [5.74, 6) is 0.0521. The Labute approximate surface area is 198 Å². The topological polar surface area (TPSA) is 59.8 Å². The highest BCUT2D eigenvalue weighted by molar-refractivity contribution is 7.99. The molecule has 0 saturated heterocycles. The molecule has 4 rings (SSSR count). The first-order chi connectivity index (χ1) is 15.5. The van der Waals surface area contributed by atoms with Crippen molar-refractivity contribution in [1.82, 2.24) is 14.8 Å². The van der Waals surface area contributed by atoms with Crippen LogP contribution in [0.2, 0.25) is 10.0 Å². The average Bonchev–Trinajstić information content (AvgIpc) is 3.18. The molecule has 4 aromatic rings. The van der Waals surface area contributed by atoms with E-state index in [1.165, 1.54) is 23.9 Å². The molecule has 162 valence electrons. The van der Waals surface area contributed by atoms with Gasteiger partial charge in [0.2, 0.25) is 5.91 Å². The van der Waals surface area contributed by atoms with Gasteiger partial charge in [0, 0.05) is 17.1 Å². The molecule has 1 amide bonds. The van der Waals surface area contributed by atoms with Crippen LogP contribution in [-0.2, 0) is 11.2 Å². The fourth-order valence-electron chi connectivity index (χ4n) is 3.04. The predicted molar refractivity (Wildman–Crippen MR) is 126 cm³/mol. The molecule has 0 radical (unpaired) electrons. The number of thioether (sulfide) groups is 1. The normalized spacial score (nSPS) is 10.8. The summed E-state index contributed by atoms with van der Waals surface area (Å²) in [4.78, 5) is 12.5. The van der Waals surface area contributed by atoms with E-state index in [2.05, 4.69) is 15.5 Å². The summed E-state index contributed by atoms with van der Waals surface area (Å²) in [5.41, 5.74) is 2.28. The predicted octanol–water partition coefficient (Wildman–Crippen LogP) is 6.03. The first-order valence-corrected chi connectivity index (χ1v) is 11.4. The maximum atomic E-state index is 13.2. The second-order valence-electron chi connectivity index (χ2n) is 6.83. The fraction of sp³-hybridized carbons (Fsp3) is 0.0870. The van der Waals surface area contributed by atoms with Gasteiger partial charge in [-0.25, -0.2) is 4.39 Å². The lowest BCUT2D eigenvalue weighted by molar-refractivity contribution is -0.113. The number of anilines is 1. The minimum absolute atomic E-state index is 0.0742. The van der Waals surface area contributed by atoms with Gasteiger partial charge in [-0.1, -0.05) is 65.3 Å². The third kappa shape index (κ3) is 5.48. The van der Waals surface area contributed by atoms with Gasteiger partial charge in [-0.05, 0) is 48.0 Å². The van der Waals surface area contributed by atoms with Gasteiger partial charge < -0.3 is 5.32 Å². The van der Waals surface area contributed by atoms with Crippen molar-refractivity contribution < 1.29 is 9.18 Å². The van der Waals surface area contributed by atoms with Gasteiger partial charge in [-0.15, -0.1) is 10.2 Å². The molecule has 0 aliphatic carbocycles. The molecule has 1 aromatic heterocycles. The smallest absolute Gasteiger partial charge is 0.234 e. The Balaban J connectivity index is 1.55. The Morgan fingerprint density at radius 2 is 1.75 bits per heavy atom. The Morgan fingerprint density at radius 3 is 2.47 bits per heavy atom. The van der Waals surface area contributed by atoms with Gasteiger partial charge in [0.1, 0.15) is 11.6 Å². The number of carbonyl (C=O) groups excluding carboxylic acids is 1. The minimum atomic E-state index is -0.468. The number of nitrogens with zero attached hydrogens (tertiary/aromatic N) is 3. The number of benzene rings is 3. The van der Waals surface area contributed by atoms with E-state index in [9.17, 15) is 9.18 Å². The van der Waals surface area contributed by atoms with Gasteiger partial charge in [-0.2, -0.15) is 0 Å². The van der Waals surface area contributed by atoms with Crippen LogP contribution in [0.25, 0.3) is 5.69 Å². The quantitative estimate of drug-likeness (QED) is 0.323. The second-order valence-corrected chi connectivity index (χ2v) is 8.62. The van der Waals surface area contributed by atoms with Crippen molar-refractivity contribution in [2.24, 2.45) is 0 Å². The van der Waals surface area contributed by atoms with Crippen LogP contribution in [0.4, 0.5) is 10.1 Å². The van der Waals surface area contributed by atoms with Gasteiger partial charge in [0.05, 0.1) is 16.5 Å². The van der Waals surface area contributed by atoms with Crippen LogP contribution in [0.1, 0.15) is 11.4 Å². The summed E-state index contributed by atoms with van der Waals surface area (Å²) in [5, 5.41) is 12.7. The van der Waals surface area contributed by atoms with Gasteiger partial charge in [-0.3, -0.25) is 9.36 Å². The highest BCUT2D eigenvalue weighted by atomic mass is 35.5. The summed E-state index contributed by atoms with van der Waals surface area (Å²) in [6, 6.07) is 21.1. The van der Waals surface area contributed by atoms with E-state index in [4.69, 9.17) is 23.2 Å². The highest BCUT2D eigenvalue weighted by Crippen LogP contribution is 2.26. The number of aromatic nitrogens is 3.